The summed E-state index contributed by atoms with van der Waals surface area (Å²) in [5, 5.41) is 7.96. The van der Waals surface area contributed by atoms with Crippen LogP contribution in [0.15, 0.2) is 52.9 Å². The first-order valence-electron chi connectivity index (χ1n) is 7.47. The Hall–Kier alpha value is -3.35. The lowest BCUT2D eigenvalue weighted by Crippen LogP contribution is -2.02. The molecule has 1 aromatic heterocycles. The molecule has 128 valence electrons. The second kappa shape index (κ2) is 7.48. The van der Waals surface area contributed by atoms with Gasteiger partial charge in [0.1, 0.15) is 11.5 Å². The Bertz CT molecular complexity index is 858. The van der Waals surface area contributed by atoms with Crippen LogP contribution < -0.4 is 9.47 Å². The lowest BCUT2D eigenvalue weighted by molar-refractivity contribution is 0.0600. The maximum Gasteiger partial charge on any atom is 0.337 e. The van der Waals surface area contributed by atoms with Crippen molar-refractivity contribution in [2.75, 3.05) is 14.2 Å². The van der Waals surface area contributed by atoms with E-state index in [1.807, 2.05) is 24.3 Å². The first kappa shape index (κ1) is 16.5. The van der Waals surface area contributed by atoms with Gasteiger partial charge in [0.05, 0.1) is 19.8 Å². The number of carbonyl (C=O) groups excluding carboxylic acids is 1. The number of rotatable bonds is 6. The van der Waals surface area contributed by atoms with Crippen molar-refractivity contribution >= 4 is 5.97 Å². The molecule has 2 aromatic carbocycles. The molecular weight excluding hydrogens is 324 g/mol. The van der Waals surface area contributed by atoms with E-state index < -0.39 is 5.97 Å². The molecule has 25 heavy (non-hydrogen) atoms. The summed E-state index contributed by atoms with van der Waals surface area (Å²) < 4.78 is 21.0. The number of nitrogens with zero attached hydrogens (tertiary/aromatic N) is 2. The van der Waals surface area contributed by atoms with Gasteiger partial charge in [0, 0.05) is 5.56 Å². The molecule has 0 aliphatic rings. The summed E-state index contributed by atoms with van der Waals surface area (Å²) in [6.07, 6.45) is 0. The molecule has 0 radical (unpaired) electrons. The standard InChI is InChI=1S/C18H16N2O5/c1-22-14-8-6-12(7-9-14)17-20-19-16(25-17)11-24-15-5-3-4-13(10-15)18(21)23-2/h3-10H,11H2,1-2H3. The molecule has 1 heterocycles. The highest BCUT2D eigenvalue weighted by Gasteiger charge is 2.10. The van der Waals surface area contributed by atoms with Crippen LogP contribution in [-0.4, -0.2) is 30.4 Å². The van der Waals surface area contributed by atoms with Crippen LogP contribution >= 0.6 is 0 Å². The third-order valence-electron chi connectivity index (χ3n) is 3.42. The Balaban J connectivity index is 1.66. The summed E-state index contributed by atoms with van der Waals surface area (Å²) in [7, 11) is 2.93. The van der Waals surface area contributed by atoms with Crippen molar-refractivity contribution < 1.29 is 23.4 Å². The van der Waals surface area contributed by atoms with Gasteiger partial charge >= 0.3 is 5.97 Å². The average Bonchev–Trinajstić information content (AvgIpc) is 3.15. The quantitative estimate of drug-likeness (QED) is 0.637. The van der Waals surface area contributed by atoms with Gasteiger partial charge in [-0.2, -0.15) is 0 Å². The van der Waals surface area contributed by atoms with E-state index in [1.54, 1.807) is 31.4 Å². The van der Waals surface area contributed by atoms with E-state index in [9.17, 15) is 4.79 Å². The zero-order valence-corrected chi connectivity index (χ0v) is 13.8. The van der Waals surface area contributed by atoms with Crippen molar-refractivity contribution in [1.82, 2.24) is 10.2 Å². The van der Waals surface area contributed by atoms with Crippen LogP contribution in [0.1, 0.15) is 16.2 Å². The van der Waals surface area contributed by atoms with Crippen molar-refractivity contribution in [3.05, 3.63) is 60.0 Å². The van der Waals surface area contributed by atoms with E-state index in [0.717, 1.165) is 11.3 Å². The van der Waals surface area contributed by atoms with Crippen LogP contribution in [0.5, 0.6) is 11.5 Å². The fraction of sp³-hybridized carbons (Fsp3) is 0.167. The second-order valence-corrected chi connectivity index (χ2v) is 5.04. The fourth-order valence-corrected chi connectivity index (χ4v) is 2.14. The topological polar surface area (TPSA) is 83.7 Å². The summed E-state index contributed by atoms with van der Waals surface area (Å²) in [5.74, 6) is 1.55. The third-order valence-corrected chi connectivity index (χ3v) is 3.42. The van der Waals surface area contributed by atoms with E-state index in [0.29, 0.717) is 23.1 Å². The van der Waals surface area contributed by atoms with E-state index in [-0.39, 0.29) is 6.61 Å². The maximum atomic E-state index is 11.5. The Morgan fingerprint density at radius 3 is 2.56 bits per heavy atom. The molecular formula is C18H16N2O5. The Morgan fingerprint density at radius 1 is 1.04 bits per heavy atom. The Morgan fingerprint density at radius 2 is 1.84 bits per heavy atom. The number of hydrogen-bond acceptors (Lipinski definition) is 7. The SMILES string of the molecule is COC(=O)c1cccc(OCc2nnc(-c3ccc(OC)cc3)o2)c1. The largest absolute Gasteiger partial charge is 0.497 e. The smallest absolute Gasteiger partial charge is 0.337 e. The summed E-state index contributed by atoms with van der Waals surface area (Å²) in [6.45, 7) is 0.0911. The van der Waals surface area contributed by atoms with Crippen LogP contribution in [0, 0.1) is 0 Å². The first-order valence-corrected chi connectivity index (χ1v) is 7.47. The summed E-state index contributed by atoms with van der Waals surface area (Å²) >= 11 is 0. The highest BCUT2D eigenvalue weighted by atomic mass is 16.5. The van der Waals surface area contributed by atoms with E-state index in [4.69, 9.17) is 13.9 Å². The fourth-order valence-electron chi connectivity index (χ4n) is 2.14. The number of esters is 1. The van der Waals surface area contributed by atoms with Crippen molar-refractivity contribution in [2.45, 2.75) is 6.61 Å². The van der Waals surface area contributed by atoms with Crippen LogP contribution in [0.2, 0.25) is 0 Å². The van der Waals surface area contributed by atoms with Crippen LogP contribution in [0.3, 0.4) is 0 Å². The third kappa shape index (κ3) is 3.95. The monoisotopic (exact) mass is 340 g/mol. The van der Waals surface area contributed by atoms with Gasteiger partial charge in [0.2, 0.25) is 5.89 Å². The first-order chi connectivity index (χ1) is 12.2. The summed E-state index contributed by atoms with van der Waals surface area (Å²) in [5.41, 5.74) is 1.19. The Kier molecular flexibility index (Phi) is 4.94. The lowest BCUT2D eigenvalue weighted by Gasteiger charge is -2.05. The average molecular weight is 340 g/mol. The molecule has 0 fully saturated rings. The Labute approximate surface area is 144 Å². The van der Waals surface area contributed by atoms with E-state index >= 15 is 0 Å². The maximum absolute atomic E-state index is 11.5. The van der Waals surface area contributed by atoms with E-state index in [2.05, 4.69) is 14.9 Å². The molecule has 3 aromatic rings. The molecule has 0 atom stereocenters. The van der Waals surface area contributed by atoms with Crippen molar-refractivity contribution in [3.63, 3.8) is 0 Å². The van der Waals surface area contributed by atoms with Crippen molar-refractivity contribution in [1.29, 1.82) is 0 Å². The van der Waals surface area contributed by atoms with Gasteiger partial charge in [-0.1, -0.05) is 6.07 Å². The number of carbonyl (C=O) groups is 1. The molecule has 0 spiro atoms. The number of methoxy groups -OCH3 is 2. The predicted molar refractivity (Wildman–Crippen MR) is 88.4 cm³/mol. The number of hydrogen-bond donors (Lipinski definition) is 0. The molecule has 0 bridgehead atoms. The van der Waals surface area contributed by atoms with Gasteiger partial charge in [0.25, 0.3) is 5.89 Å². The van der Waals surface area contributed by atoms with Crippen molar-refractivity contribution in [2.24, 2.45) is 0 Å². The minimum absolute atomic E-state index is 0.0911. The molecule has 0 aliphatic heterocycles. The van der Waals surface area contributed by atoms with Gasteiger partial charge in [-0.25, -0.2) is 4.79 Å². The molecule has 7 nitrogen and oxygen atoms in total. The molecule has 0 aliphatic carbocycles. The predicted octanol–water partition coefficient (Wildman–Crippen LogP) is 3.11. The van der Waals surface area contributed by atoms with Crippen LogP contribution in [-0.2, 0) is 11.3 Å². The van der Waals surface area contributed by atoms with Gasteiger partial charge in [-0.15, -0.1) is 10.2 Å². The molecule has 7 heteroatoms. The van der Waals surface area contributed by atoms with Gasteiger partial charge in [-0.3, -0.25) is 0 Å². The minimum Gasteiger partial charge on any atom is -0.497 e. The zero-order chi connectivity index (χ0) is 17.6. The molecule has 3 rings (SSSR count). The number of benzene rings is 2. The van der Waals surface area contributed by atoms with Crippen molar-refractivity contribution in [3.8, 4) is 23.0 Å². The van der Waals surface area contributed by atoms with Crippen LogP contribution in [0.4, 0.5) is 0 Å². The highest BCUT2D eigenvalue weighted by molar-refractivity contribution is 5.89. The lowest BCUT2D eigenvalue weighted by atomic mass is 10.2. The van der Waals surface area contributed by atoms with Gasteiger partial charge in [-0.05, 0) is 42.5 Å². The molecule has 0 unspecified atom stereocenters. The molecule has 0 N–H and O–H groups in total. The van der Waals surface area contributed by atoms with Gasteiger partial charge in [0.15, 0.2) is 6.61 Å². The molecule has 0 saturated carbocycles. The van der Waals surface area contributed by atoms with E-state index in [1.165, 1.54) is 7.11 Å². The minimum atomic E-state index is -0.426. The molecule has 0 saturated heterocycles. The second-order valence-electron chi connectivity index (χ2n) is 5.04. The summed E-state index contributed by atoms with van der Waals surface area (Å²) in [4.78, 5) is 11.5. The zero-order valence-electron chi connectivity index (χ0n) is 13.8. The highest BCUT2D eigenvalue weighted by Crippen LogP contribution is 2.22. The van der Waals surface area contributed by atoms with Gasteiger partial charge < -0.3 is 18.6 Å². The number of ether oxygens (including phenoxy) is 3. The normalized spacial score (nSPS) is 10.3. The molecule has 0 amide bonds. The van der Waals surface area contributed by atoms with Crippen LogP contribution in [0.25, 0.3) is 11.5 Å². The summed E-state index contributed by atoms with van der Waals surface area (Å²) in [6, 6.07) is 14.0. The number of aromatic nitrogens is 2.